The first kappa shape index (κ1) is 15.8. The number of aromatic nitrogens is 1. The van der Waals surface area contributed by atoms with Crippen molar-refractivity contribution in [1.29, 1.82) is 0 Å². The van der Waals surface area contributed by atoms with Gasteiger partial charge in [0.1, 0.15) is 5.75 Å². The van der Waals surface area contributed by atoms with E-state index in [2.05, 4.69) is 17.2 Å². The number of pyridine rings is 1. The number of halogens is 1. The first-order valence-electron chi connectivity index (χ1n) is 7.01. The first-order chi connectivity index (χ1) is 10.0. The summed E-state index contributed by atoms with van der Waals surface area (Å²) in [6.07, 6.45) is 1.86. The Hall–Kier alpha value is -1.58. The van der Waals surface area contributed by atoms with Crippen LogP contribution in [0, 0.1) is 13.8 Å². The van der Waals surface area contributed by atoms with Crippen molar-refractivity contribution in [3.05, 3.63) is 57.9 Å². The van der Waals surface area contributed by atoms with Gasteiger partial charge in [0.2, 0.25) is 0 Å². The highest BCUT2D eigenvalue weighted by atomic mass is 35.5. The second kappa shape index (κ2) is 6.92. The predicted octanol–water partition coefficient (Wildman–Crippen LogP) is 4.21. The molecular formula is C17H21ClN2O. The number of hydrogen-bond acceptors (Lipinski definition) is 3. The molecule has 0 aliphatic rings. The van der Waals surface area contributed by atoms with Crippen LogP contribution < -0.4 is 10.1 Å². The van der Waals surface area contributed by atoms with Crippen LogP contribution in [0.5, 0.6) is 5.75 Å². The van der Waals surface area contributed by atoms with Crippen LogP contribution in [-0.4, -0.2) is 12.1 Å². The Morgan fingerprint density at radius 2 is 1.90 bits per heavy atom. The molecule has 0 saturated carbocycles. The fourth-order valence-corrected chi connectivity index (χ4v) is 2.49. The molecule has 21 heavy (non-hydrogen) atoms. The van der Waals surface area contributed by atoms with Crippen LogP contribution in [0.25, 0.3) is 0 Å². The lowest BCUT2D eigenvalue weighted by molar-refractivity contribution is 0.406. The van der Waals surface area contributed by atoms with Gasteiger partial charge in [0, 0.05) is 34.9 Å². The molecule has 0 saturated heterocycles. The van der Waals surface area contributed by atoms with Crippen LogP contribution in [0.2, 0.25) is 5.02 Å². The number of nitrogens with one attached hydrogen (secondary N) is 1. The quantitative estimate of drug-likeness (QED) is 0.898. The van der Waals surface area contributed by atoms with Crippen molar-refractivity contribution in [2.24, 2.45) is 0 Å². The number of nitrogens with zero attached hydrogens (tertiary/aromatic N) is 1. The van der Waals surface area contributed by atoms with E-state index in [0.29, 0.717) is 6.54 Å². The lowest BCUT2D eigenvalue weighted by Crippen LogP contribution is -2.19. The van der Waals surface area contributed by atoms with Crippen molar-refractivity contribution in [3.8, 4) is 5.75 Å². The van der Waals surface area contributed by atoms with Crippen LogP contribution >= 0.6 is 11.6 Å². The van der Waals surface area contributed by atoms with Gasteiger partial charge >= 0.3 is 0 Å². The van der Waals surface area contributed by atoms with Crippen LogP contribution in [0.4, 0.5) is 0 Å². The van der Waals surface area contributed by atoms with E-state index >= 15 is 0 Å². The predicted molar refractivity (Wildman–Crippen MR) is 87.0 cm³/mol. The largest absolute Gasteiger partial charge is 0.496 e. The summed E-state index contributed by atoms with van der Waals surface area (Å²) in [6, 6.07) is 8.13. The number of rotatable bonds is 5. The zero-order valence-electron chi connectivity index (χ0n) is 12.9. The Morgan fingerprint density at radius 3 is 2.52 bits per heavy atom. The molecule has 1 aromatic heterocycles. The summed E-state index contributed by atoms with van der Waals surface area (Å²) in [5, 5.41) is 4.24. The summed E-state index contributed by atoms with van der Waals surface area (Å²) in [4.78, 5) is 4.50. The Labute approximate surface area is 131 Å². The highest BCUT2D eigenvalue weighted by molar-refractivity contribution is 6.30. The van der Waals surface area contributed by atoms with Crippen molar-refractivity contribution in [2.75, 3.05) is 7.11 Å². The molecule has 0 aliphatic heterocycles. The van der Waals surface area contributed by atoms with Crippen molar-refractivity contribution >= 4 is 11.6 Å². The lowest BCUT2D eigenvalue weighted by atomic mass is 10.1. The summed E-state index contributed by atoms with van der Waals surface area (Å²) in [5.74, 6) is 0.918. The van der Waals surface area contributed by atoms with Gasteiger partial charge in [0.25, 0.3) is 0 Å². The maximum Gasteiger partial charge on any atom is 0.128 e. The smallest absolute Gasteiger partial charge is 0.128 e. The van der Waals surface area contributed by atoms with Crippen LogP contribution in [0.3, 0.4) is 0 Å². The van der Waals surface area contributed by atoms with Gasteiger partial charge in [-0.1, -0.05) is 23.7 Å². The molecule has 0 spiro atoms. The summed E-state index contributed by atoms with van der Waals surface area (Å²) < 4.78 is 5.44. The molecule has 112 valence electrons. The fraction of sp³-hybridized carbons (Fsp3) is 0.353. The number of hydrogen-bond donors (Lipinski definition) is 1. The lowest BCUT2D eigenvalue weighted by Gasteiger charge is -2.17. The van der Waals surface area contributed by atoms with Crippen LogP contribution in [0.1, 0.15) is 35.3 Å². The van der Waals surface area contributed by atoms with E-state index in [4.69, 9.17) is 16.3 Å². The number of benzene rings is 1. The normalized spacial score (nSPS) is 12.2. The molecule has 1 aromatic carbocycles. The van der Waals surface area contributed by atoms with Crippen molar-refractivity contribution in [3.63, 3.8) is 0 Å². The zero-order chi connectivity index (χ0) is 15.4. The van der Waals surface area contributed by atoms with Gasteiger partial charge in [0.05, 0.1) is 12.8 Å². The maximum absolute atomic E-state index is 5.91. The third-order valence-electron chi connectivity index (χ3n) is 3.70. The Kier molecular flexibility index (Phi) is 5.21. The molecule has 0 unspecified atom stereocenters. The van der Waals surface area contributed by atoms with E-state index in [-0.39, 0.29) is 6.04 Å². The molecule has 2 rings (SSSR count). The molecule has 0 radical (unpaired) electrons. The average Bonchev–Trinajstić information content (AvgIpc) is 2.47. The summed E-state index contributed by atoms with van der Waals surface area (Å²) in [7, 11) is 1.70. The van der Waals surface area contributed by atoms with E-state index in [1.54, 1.807) is 7.11 Å². The molecule has 0 fully saturated rings. The van der Waals surface area contributed by atoms with Gasteiger partial charge in [-0.05, 0) is 38.5 Å². The molecule has 1 atom stereocenters. The second-order valence-electron chi connectivity index (χ2n) is 5.20. The Morgan fingerprint density at radius 1 is 1.24 bits per heavy atom. The van der Waals surface area contributed by atoms with E-state index in [1.165, 1.54) is 5.56 Å². The third-order valence-corrected chi connectivity index (χ3v) is 3.95. The monoisotopic (exact) mass is 304 g/mol. The number of methoxy groups -OCH3 is 1. The number of ether oxygens (including phenoxy) is 1. The summed E-state index contributed by atoms with van der Waals surface area (Å²) in [5.41, 5.74) is 4.37. The van der Waals surface area contributed by atoms with Crippen LogP contribution in [0.15, 0.2) is 30.5 Å². The summed E-state index contributed by atoms with van der Waals surface area (Å²) >= 11 is 5.91. The molecule has 0 aliphatic carbocycles. The van der Waals surface area contributed by atoms with Gasteiger partial charge in [0.15, 0.2) is 0 Å². The molecule has 4 heteroatoms. The van der Waals surface area contributed by atoms with Crippen molar-refractivity contribution in [1.82, 2.24) is 10.3 Å². The minimum Gasteiger partial charge on any atom is -0.496 e. The van der Waals surface area contributed by atoms with Gasteiger partial charge < -0.3 is 10.1 Å². The first-order valence-corrected chi connectivity index (χ1v) is 7.38. The second-order valence-corrected chi connectivity index (χ2v) is 5.64. The van der Waals surface area contributed by atoms with Gasteiger partial charge in [-0.2, -0.15) is 0 Å². The highest BCUT2D eigenvalue weighted by Gasteiger charge is 2.11. The topological polar surface area (TPSA) is 34.1 Å². The molecule has 0 amide bonds. The Bertz CT molecular complexity index is 611. The van der Waals surface area contributed by atoms with E-state index in [0.717, 1.165) is 27.6 Å². The van der Waals surface area contributed by atoms with Crippen molar-refractivity contribution in [2.45, 2.75) is 33.4 Å². The minimum atomic E-state index is 0.232. The third kappa shape index (κ3) is 3.74. The fourth-order valence-electron chi connectivity index (χ4n) is 2.37. The standard InChI is InChI=1S/C17H21ClN2O/c1-11-9-20-16(12(2)17(11)21-4)10-19-13(3)14-5-7-15(18)8-6-14/h5-9,13,19H,10H2,1-4H3/t13-/m1/s1. The van der Waals surface area contributed by atoms with Gasteiger partial charge in [-0.3, -0.25) is 4.98 Å². The molecule has 2 aromatic rings. The van der Waals surface area contributed by atoms with E-state index in [1.807, 2.05) is 44.3 Å². The van der Waals surface area contributed by atoms with E-state index < -0.39 is 0 Å². The van der Waals surface area contributed by atoms with Gasteiger partial charge in [-0.15, -0.1) is 0 Å². The minimum absolute atomic E-state index is 0.232. The maximum atomic E-state index is 5.91. The number of aryl methyl sites for hydroxylation is 1. The SMILES string of the molecule is COc1c(C)cnc(CN[C@H](C)c2ccc(Cl)cc2)c1C. The highest BCUT2D eigenvalue weighted by Crippen LogP contribution is 2.24. The van der Waals surface area contributed by atoms with Crippen molar-refractivity contribution < 1.29 is 4.74 Å². The van der Waals surface area contributed by atoms with Crippen LogP contribution in [-0.2, 0) is 6.54 Å². The van der Waals surface area contributed by atoms with E-state index in [9.17, 15) is 0 Å². The molecule has 1 heterocycles. The molecule has 0 bridgehead atoms. The molecule has 3 nitrogen and oxygen atoms in total. The van der Waals surface area contributed by atoms with Gasteiger partial charge in [-0.25, -0.2) is 0 Å². The Balaban J connectivity index is 2.08. The summed E-state index contributed by atoms with van der Waals surface area (Å²) in [6.45, 7) is 6.88. The average molecular weight is 305 g/mol. The zero-order valence-corrected chi connectivity index (χ0v) is 13.7. The molecule has 1 N–H and O–H groups in total. The molecular weight excluding hydrogens is 284 g/mol.